The van der Waals surface area contributed by atoms with Crippen molar-refractivity contribution < 1.29 is 34.1 Å². The van der Waals surface area contributed by atoms with Crippen LogP contribution < -0.4 is 10.1 Å². The molecule has 4 rings (SSSR count). The summed E-state index contributed by atoms with van der Waals surface area (Å²) < 4.78 is 11.4. The molecule has 0 saturated carbocycles. The van der Waals surface area contributed by atoms with Crippen LogP contribution in [0.1, 0.15) is 38.7 Å². The number of hydrogen-bond acceptors (Lipinski definition) is 6. The zero-order chi connectivity index (χ0) is 24.9. The summed E-state index contributed by atoms with van der Waals surface area (Å²) >= 11 is 0. The minimum Gasteiger partial charge on any atom is -0.508 e. The first-order valence-corrected chi connectivity index (χ1v) is 11.1. The van der Waals surface area contributed by atoms with Crippen LogP contribution in [0.2, 0.25) is 0 Å². The van der Waals surface area contributed by atoms with Gasteiger partial charge in [0.2, 0.25) is 0 Å². The lowest BCUT2D eigenvalue weighted by Crippen LogP contribution is -2.44. The Kier molecular flexibility index (Phi) is 7.01. The number of cyclic esters (lactones) is 1. The molecule has 0 aliphatic carbocycles. The second-order valence-corrected chi connectivity index (χ2v) is 8.41. The lowest BCUT2D eigenvalue weighted by atomic mass is 9.93. The van der Waals surface area contributed by atoms with Gasteiger partial charge in [0.15, 0.2) is 6.61 Å². The molecule has 0 aromatic heterocycles. The van der Waals surface area contributed by atoms with Crippen LogP contribution in [0.25, 0.3) is 0 Å². The van der Waals surface area contributed by atoms with E-state index in [0.29, 0.717) is 28.9 Å². The fourth-order valence-electron chi connectivity index (χ4n) is 4.00. The Balaban J connectivity index is 1.44. The number of benzene rings is 3. The molecule has 35 heavy (non-hydrogen) atoms. The van der Waals surface area contributed by atoms with E-state index >= 15 is 0 Å². The molecule has 0 radical (unpaired) electrons. The third kappa shape index (κ3) is 5.78. The van der Waals surface area contributed by atoms with Crippen molar-refractivity contribution in [3.8, 4) is 11.5 Å². The zero-order valence-electron chi connectivity index (χ0n) is 19.1. The molecule has 2 atom stereocenters. The van der Waals surface area contributed by atoms with Crippen LogP contribution in [0.5, 0.6) is 11.5 Å². The molecule has 0 spiro atoms. The Morgan fingerprint density at radius 3 is 2.60 bits per heavy atom. The van der Waals surface area contributed by atoms with Gasteiger partial charge in [0.25, 0.3) is 5.91 Å². The Morgan fingerprint density at radius 1 is 1.11 bits per heavy atom. The fraction of sp³-hybridized carbons (Fsp3) is 0.222. The van der Waals surface area contributed by atoms with Gasteiger partial charge in [-0.25, -0.2) is 9.59 Å². The number of ether oxygens (including phenoxy) is 2. The van der Waals surface area contributed by atoms with Crippen LogP contribution in [0, 0.1) is 6.92 Å². The maximum atomic E-state index is 12.5. The molecular weight excluding hydrogens is 450 g/mol. The zero-order valence-corrected chi connectivity index (χ0v) is 19.1. The number of aromatic hydroxyl groups is 1. The highest BCUT2D eigenvalue weighted by Gasteiger charge is 2.29. The highest BCUT2D eigenvalue weighted by atomic mass is 16.5. The van der Waals surface area contributed by atoms with E-state index in [9.17, 15) is 24.6 Å². The third-order valence-corrected chi connectivity index (χ3v) is 5.77. The van der Waals surface area contributed by atoms with Crippen molar-refractivity contribution in [1.29, 1.82) is 0 Å². The van der Waals surface area contributed by atoms with Crippen molar-refractivity contribution in [2.45, 2.75) is 31.9 Å². The number of amides is 1. The summed E-state index contributed by atoms with van der Waals surface area (Å²) in [4.78, 5) is 36.7. The SMILES string of the molecule is Cc1ccc(OCC(=O)N[C@@H](Cc2ccc(O)cc2)C(=O)O)c([C@@H]2Cc3ccccc3C(=O)O2)c1. The number of fused-ring (bicyclic) bond motifs is 1. The Bertz CT molecular complexity index is 1250. The monoisotopic (exact) mass is 475 g/mol. The molecule has 0 bridgehead atoms. The molecule has 3 aromatic rings. The van der Waals surface area contributed by atoms with Crippen LogP contribution in [0.4, 0.5) is 0 Å². The largest absolute Gasteiger partial charge is 0.508 e. The van der Waals surface area contributed by atoms with Crippen molar-refractivity contribution in [3.63, 3.8) is 0 Å². The van der Waals surface area contributed by atoms with Gasteiger partial charge in [-0.3, -0.25) is 4.79 Å². The number of phenolic OH excluding ortho intramolecular Hbond substituents is 1. The molecule has 0 unspecified atom stereocenters. The number of aryl methyl sites for hydroxylation is 1. The second kappa shape index (κ2) is 10.3. The number of rotatable bonds is 8. The molecule has 1 aliphatic rings. The van der Waals surface area contributed by atoms with Crippen LogP contribution >= 0.6 is 0 Å². The van der Waals surface area contributed by atoms with E-state index in [2.05, 4.69) is 5.32 Å². The highest BCUT2D eigenvalue weighted by molar-refractivity contribution is 5.92. The molecule has 0 saturated heterocycles. The number of nitrogens with one attached hydrogen (secondary N) is 1. The van der Waals surface area contributed by atoms with Crippen LogP contribution in [-0.2, 0) is 27.2 Å². The van der Waals surface area contributed by atoms with E-state index in [0.717, 1.165) is 11.1 Å². The van der Waals surface area contributed by atoms with Gasteiger partial charge in [-0.2, -0.15) is 0 Å². The van der Waals surface area contributed by atoms with Gasteiger partial charge in [-0.15, -0.1) is 0 Å². The molecule has 3 aromatic carbocycles. The summed E-state index contributed by atoms with van der Waals surface area (Å²) in [6, 6.07) is 17.6. The number of carbonyl (C=O) groups is 3. The number of carbonyl (C=O) groups excluding carboxylic acids is 2. The van der Waals surface area contributed by atoms with E-state index in [-0.39, 0.29) is 12.2 Å². The number of esters is 1. The Morgan fingerprint density at radius 2 is 1.86 bits per heavy atom. The molecule has 8 heteroatoms. The Labute approximate surface area is 202 Å². The second-order valence-electron chi connectivity index (χ2n) is 8.41. The van der Waals surface area contributed by atoms with Gasteiger partial charge in [-0.05, 0) is 48.4 Å². The predicted molar refractivity (Wildman–Crippen MR) is 126 cm³/mol. The van der Waals surface area contributed by atoms with Crippen LogP contribution in [-0.4, -0.2) is 40.7 Å². The molecule has 180 valence electrons. The number of carboxylic acid groups (broad SMARTS) is 1. The molecule has 1 amide bonds. The lowest BCUT2D eigenvalue weighted by molar-refractivity contribution is -0.142. The van der Waals surface area contributed by atoms with E-state index in [1.807, 2.05) is 31.2 Å². The van der Waals surface area contributed by atoms with E-state index in [1.54, 1.807) is 30.3 Å². The average Bonchev–Trinajstić information content (AvgIpc) is 2.84. The fourth-order valence-corrected chi connectivity index (χ4v) is 4.00. The first-order chi connectivity index (χ1) is 16.8. The maximum absolute atomic E-state index is 12.5. The van der Waals surface area contributed by atoms with Gasteiger partial charge in [0.1, 0.15) is 23.6 Å². The topological polar surface area (TPSA) is 122 Å². The maximum Gasteiger partial charge on any atom is 0.339 e. The van der Waals surface area contributed by atoms with E-state index in [1.165, 1.54) is 12.1 Å². The third-order valence-electron chi connectivity index (χ3n) is 5.77. The van der Waals surface area contributed by atoms with Crippen LogP contribution in [0.15, 0.2) is 66.7 Å². The van der Waals surface area contributed by atoms with E-state index < -0.39 is 36.6 Å². The summed E-state index contributed by atoms with van der Waals surface area (Å²) in [6.07, 6.45) is -0.0485. The van der Waals surface area contributed by atoms with Crippen molar-refractivity contribution >= 4 is 17.8 Å². The van der Waals surface area contributed by atoms with Crippen molar-refractivity contribution in [2.24, 2.45) is 0 Å². The van der Waals surface area contributed by atoms with Crippen LogP contribution in [0.3, 0.4) is 0 Å². The number of carboxylic acids is 1. The summed E-state index contributed by atoms with van der Waals surface area (Å²) in [5.74, 6) is -1.75. The Hall–Kier alpha value is -4.33. The number of hydrogen-bond donors (Lipinski definition) is 3. The molecule has 8 nitrogen and oxygen atoms in total. The molecule has 0 fully saturated rings. The minimum atomic E-state index is -1.18. The van der Waals surface area contributed by atoms with Crippen molar-refractivity contribution in [1.82, 2.24) is 5.32 Å². The van der Waals surface area contributed by atoms with Gasteiger partial charge >= 0.3 is 11.9 Å². The molecule has 3 N–H and O–H groups in total. The predicted octanol–water partition coefficient (Wildman–Crippen LogP) is 3.35. The summed E-state index contributed by atoms with van der Waals surface area (Å²) in [7, 11) is 0. The summed E-state index contributed by atoms with van der Waals surface area (Å²) in [5, 5.41) is 21.4. The van der Waals surface area contributed by atoms with Gasteiger partial charge in [0.05, 0.1) is 5.56 Å². The normalized spacial score (nSPS) is 15.5. The van der Waals surface area contributed by atoms with Crippen molar-refractivity contribution in [3.05, 3.63) is 94.5 Å². The standard InChI is InChI=1S/C27H25NO7/c1-16-6-11-23(21(12-16)24-14-18-4-2-3-5-20(18)27(33)35-24)34-15-25(30)28-22(26(31)32)13-17-7-9-19(29)10-8-17/h2-12,22,24,29H,13-15H2,1H3,(H,28,30)(H,31,32)/t22-,24-/m0/s1. The number of aliphatic carboxylic acids is 1. The molecular formula is C27H25NO7. The highest BCUT2D eigenvalue weighted by Crippen LogP contribution is 2.35. The quantitative estimate of drug-likeness (QED) is 0.427. The first kappa shape index (κ1) is 23.8. The van der Waals surface area contributed by atoms with E-state index in [4.69, 9.17) is 9.47 Å². The van der Waals surface area contributed by atoms with Crippen molar-refractivity contribution in [2.75, 3.05) is 6.61 Å². The van der Waals surface area contributed by atoms with Gasteiger partial charge in [-0.1, -0.05) is 42.0 Å². The number of phenols is 1. The van der Waals surface area contributed by atoms with Gasteiger partial charge < -0.3 is 25.0 Å². The minimum absolute atomic E-state index is 0.0502. The average molecular weight is 475 g/mol. The summed E-state index contributed by atoms with van der Waals surface area (Å²) in [6.45, 7) is 1.49. The molecule has 1 heterocycles. The summed E-state index contributed by atoms with van der Waals surface area (Å²) in [5.41, 5.74) is 3.63. The smallest absolute Gasteiger partial charge is 0.339 e. The first-order valence-electron chi connectivity index (χ1n) is 11.1. The van der Waals surface area contributed by atoms with Gasteiger partial charge in [0, 0.05) is 18.4 Å². The lowest BCUT2D eigenvalue weighted by Gasteiger charge is -2.26. The molecule has 1 aliphatic heterocycles.